The van der Waals surface area contributed by atoms with Crippen LogP contribution >= 0.6 is 0 Å². The van der Waals surface area contributed by atoms with Gasteiger partial charge in [0.2, 0.25) is 0 Å². The second kappa shape index (κ2) is 12.0. The zero-order valence-electron chi connectivity index (χ0n) is 30.4. The molecule has 55 heavy (non-hydrogen) atoms. The molecule has 0 unspecified atom stereocenters. The number of furan rings is 1. The fourth-order valence-corrected chi connectivity index (χ4v) is 8.65. The smallest absolute Gasteiger partial charge is 0.177 e. The Bertz CT molecular complexity index is 2960. The first-order valence-corrected chi connectivity index (χ1v) is 18.7. The predicted octanol–water partition coefficient (Wildman–Crippen LogP) is 14.6. The molecule has 8 aromatic carbocycles. The van der Waals surface area contributed by atoms with E-state index in [1.165, 1.54) is 27.8 Å². The molecule has 262 valence electrons. The molecule has 11 rings (SSSR count). The number of anilines is 3. The largest absolute Gasteiger partial charge is 0.456 e. The Morgan fingerprint density at radius 1 is 0.436 bits per heavy atom. The summed E-state index contributed by atoms with van der Waals surface area (Å²) in [6.07, 6.45) is 0. The molecule has 4 nitrogen and oxygen atoms in total. The molecule has 0 saturated carbocycles. The highest BCUT2D eigenvalue weighted by Gasteiger charge is 2.37. The topological polar surface area (TPSA) is 34.8 Å². The van der Waals surface area contributed by atoms with Crippen LogP contribution in [-0.2, 0) is 5.41 Å². The fraction of sp³-hybridized carbons (Fsp3) is 0.0588. The normalized spacial score (nSPS) is 13.3. The van der Waals surface area contributed by atoms with Crippen molar-refractivity contribution in [2.24, 2.45) is 0 Å². The number of para-hydroxylation sites is 2. The van der Waals surface area contributed by atoms with Gasteiger partial charge in [0.25, 0.3) is 0 Å². The monoisotopic (exact) mass is 709 g/mol. The van der Waals surface area contributed by atoms with E-state index in [-0.39, 0.29) is 5.41 Å². The van der Waals surface area contributed by atoms with Gasteiger partial charge < -0.3 is 18.8 Å². The molecule has 0 saturated heterocycles. The van der Waals surface area contributed by atoms with Crippen molar-refractivity contribution in [3.63, 3.8) is 0 Å². The van der Waals surface area contributed by atoms with Gasteiger partial charge in [-0.1, -0.05) is 123 Å². The molecular weight excluding hydrogens is 675 g/mol. The molecule has 4 heteroatoms. The summed E-state index contributed by atoms with van der Waals surface area (Å²) in [7, 11) is 0. The minimum Gasteiger partial charge on any atom is -0.456 e. The van der Waals surface area contributed by atoms with Gasteiger partial charge >= 0.3 is 0 Å². The molecule has 9 aromatic rings. The van der Waals surface area contributed by atoms with Gasteiger partial charge in [-0.25, -0.2) is 0 Å². The molecule has 0 bridgehead atoms. The Labute approximate surface area is 319 Å². The zero-order chi connectivity index (χ0) is 36.7. The highest BCUT2D eigenvalue weighted by molar-refractivity contribution is 6.14. The fourth-order valence-electron chi connectivity index (χ4n) is 8.65. The van der Waals surface area contributed by atoms with Crippen LogP contribution in [0.5, 0.6) is 23.0 Å². The van der Waals surface area contributed by atoms with Crippen molar-refractivity contribution in [1.29, 1.82) is 0 Å². The van der Waals surface area contributed by atoms with Gasteiger partial charge in [0.05, 0.1) is 11.1 Å². The number of fused-ring (bicyclic) bond motifs is 8. The lowest BCUT2D eigenvalue weighted by Gasteiger charge is -2.26. The maximum Gasteiger partial charge on any atom is 0.177 e. The van der Waals surface area contributed by atoms with Gasteiger partial charge in [-0.05, 0) is 106 Å². The number of ether oxygens (including phenoxy) is 2. The molecule has 0 amide bonds. The summed E-state index contributed by atoms with van der Waals surface area (Å²) < 4.78 is 20.0. The van der Waals surface area contributed by atoms with Gasteiger partial charge in [-0.2, -0.15) is 0 Å². The molecule has 0 N–H and O–H groups in total. The van der Waals surface area contributed by atoms with Crippen LogP contribution in [-0.4, -0.2) is 0 Å². The number of hydrogen-bond donors (Lipinski definition) is 0. The van der Waals surface area contributed by atoms with Crippen molar-refractivity contribution < 1.29 is 13.9 Å². The van der Waals surface area contributed by atoms with Crippen LogP contribution in [0.4, 0.5) is 17.1 Å². The Balaban J connectivity index is 1.01. The summed E-state index contributed by atoms with van der Waals surface area (Å²) in [5.41, 5.74) is 13.9. The average molecular weight is 710 g/mol. The molecule has 1 aromatic heterocycles. The summed E-state index contributed by atoms with van der Waals surface area (Å²) in [6.45, 7) is 4.56. The average Bonchev–Trinajstić information content (AvgIpc) is 3.71. The van der Waals surface area contributed by atoms with Crippen molar-refractivity contribution in [3.05, 3.63) is 187 Å². The second-order valence-electron chi connectivity index (χ2n) is 14.9. The Morgan fingerprint density at radius 2 is 1.15 bits per heavy atom. The van der Waals surface area contributed by atoms with E-state index in [0.29, 0.717) is 11.5 Å². The lowest BCUT2D eigenvalue weighted by Crippen LogP contribution is -2.15. The number of hydrogen-bond acceptors (Lipinski definition) is 4. The highest BCUT2D eigenvalue weighted by atomic mass is 16.6. The third-order valence-corrected chi connectivity index (χ3v) is 11.3. The van der Waals surface area contributed by atoms with Gasteiger partial charge in [-0.3, -0.25) is 0 Å². The van der Waals surface area contributed by atoms with Gasteiger partial charge in [-0.15, -0.1) is 0 Å². The van der Waals surface area contributed by atoms with E-state index in [4.69, 9.17) is 13.9 Å². The molecule has 2 heterocycles. The maximum atomic E-state index is 6.78. The molecule has 0 radical (unpaired) electrons. The Kier molecular flexibility index (Phi) is 6.86. The SMILES string of the molecule is CC1(C)c2ccccc2-c2cc3c(cc21)Oc1c(cccc1-c1ccc2c(c1)oc1cccc(N(c4ccccc4)c4cccc(-c5ccccc5)c4)c12)O3. The van der Waals surface area contributed by atoms with Crippen LogP contribution < -0.4 is 14.4 Å². The lowest BCUT2D eigenvalue weighted by molar-refractivity contribution is 0.360. The van der Waals surface area contributed by atoms with E-state index < -0.39 is 0 Å². The van der Waals surface area contributed by atoms with Crippen LogP contribution in [0.1, 0.15) is 25.0 Å². The minimum atomic E-state index is -0.143. The molecule has 2 aliphatic rings. The van der Waals surface area contributed by atoms with Crippen molar-refractivity contribution in [1.82, 2.24) is 0 Å². The molecule has 1 aliphatic carbocycles. The molecule has 0 atom stereocenters. The first-order chi connectivity index (χ1) is 27.0. The van der Waals surface area contributed by atoms with Gasteiger partial charge in [0, 0.05) is 27.7 Å². The van der Waals surface area contributed by atoms with Crippen LogP contribution in [0.3, 0.4) is 0 Å². The third-order valence-electron chi connectivity index (χ3n) is 11.3. The second-order valence-corrected chi connectivity index (χ2v) is 14.9. The summed E-state index contributed by atoms with van der Waals surface area (Å²) >= 11 is 0. The maximum absolute atomic E-state index is 6.78. The summed E-state index contributed by atoms with van der Waals surface area (Å²) in [5, 5.41) is 2.10. The van der Waals surface area contributed by atoms with Crippen molar-refractivity contribution >= 4 is 39.0 Å². The standard InChI is InChI=1S/C51H35NO3/c1-51(2)41-22-10-9-20-38(41)40-30-47-48(31-42(40)51)55-50-37(21-12-25-45(50)54-47)34-26-27-39-46(29-34)53-44-24-13-23-43(49(39)44)52(35-17-7-4-8-18-35)36-19-11-16-33(28-36)32-14-5-3-6-15-32/h3-31H,1-2H3. The lowest BCUT2D eigenvalue weighted by atomic mass is 9.82. The molecule has 0 spiro atoms. The number of benzene rings is 8. The van der Waals surface area contributed by atoms with Crippen molar-refractivity contribution in [2.75, 3.05) is 4.90 Å². The van der Waals surface area contributed by atoms with E-state index >= 15 is 0 Å². The van der Waals surface area contributed by atoms with E-state index in [2.05, 4.69) is 183 Å². The van der Waals surface area contributed by atoms with Gasteiger partial charge in [0.1, 0.15) is 11.2 Å². The zero-order valence-corrected chi connectivity index (χ0v) is 30.4. The quantitative estimate of drug-likeness (QED) is 0.178. The first-order valence-electron chi connectivity index (χ1n) is 18.7. The van der Waals surface area contributed by atoms with Crippen molar-refractivity contribution in [2.45, 2.75) is 19.3 Å². The van der Waals surface area contributed by atoms with E-state index in [1.54, 1.807) is 0 Å². The highest BCUT2D eigenvalue weighted by Crippen LogP contribution is 2.56. The van der Waals surface area contributed by atoms with Crippen LogP contribution in [0, 0.1) is 0 Å². The Hall–Kier alpha value is -7.04. The van der Waals surface area contributed by atoms with Crippen LogP contribution in [0.2, 0.25) is 0 Å². The molecule has 0 fully saturated rings. The van der Waals surface area contributed by atoms with Crippen LogP contribution in [0.25, 0.3) is 55.3 Å². The molecule has 1 aliphatic heterocycles. The molecular formula is C51H35NO3. The number of rotatable bonds is 5. The predicted molar refractivity (Wildman–Crippen MR) is 223 cm³/mol. The third kappa shape index (κ3) is 4.92. The van der Waals surface area contributed by atoms with Crippen molar-refractivity contribution in [3.8, 4) is 56.4 Å². The van der Waals surface area contributed by atoms with E-state index in [1.807, 2.05) is 12.1 Å². The summed E-state index contributed by atoms with van der Waals surface area (Å²) in [6, 6.07) is 61.6. The minimum absolute atomic E-state index is 0.143. The summed E-state index contributed by atoms with van der Waals surface area (Å²) in [5.74, 6) is 2.85. The van der Waals surface area contributed by atoms with Gasteiger partial charge in [0.15, 0.2) is 23.0 Å². The first kappa shape index (κ1) is 31.5. The van der Waals surface area contributed by atoms with E-state index in [9.17, 15) is 0 Å². The Morgan fingerprint density at radius 3 is 2.02 bits per heavy atom. The number of nitrogens with zero attached hydrogens (tertiary/aromatic N) is 1. The van der Waals surface area contributed by atoms with E-state index in [0.717, 1.165) is 67.2 Å². The summed E-state index contributed by atoms with van der Waals surface area (Å²) in [4.78, 5) is 2.32. The van der Waals surface area contributed by atoms with Crippen LogP contribution in [0.15, 0.2) is 180 Å².